The summed E-state index contributed by atoms with van der Waals surface area (Å²) in [7, 11) is -3.73. The summed E-state index contributed by atoms with van der Waals surface area (Å²) in [6, 6.07) is 4.21. The molecule has 0 aliphatic carbocycles. The average molecular weight is 272 g/mol. The summed E-state index contributed by atoms with van der Waals surface area (Å²) in [5.74, 6) is -0.687. The molecule has 18 heavy (non-hydrogen) atoms. The second-order valence-electron chi connectivity index (χ2n) is 4.35. The minimum atomic E-state index is -3.73. The van der Waals surface area contributed by atoms with Gasteiger partial charge in [0.1, 0.15) is 11.1 Å². The van der Waals surface area contributed by atoms with Crippen molar-refractivity contribution in [3.8, 4) is 0 Å². The van der Waals surface area contributed by atoms with E-state index in [4.69, 9.17) is 5.14 Å². The highest BCUT2D eigenvalue weighted by molar-refractivity contribution is 7.89. The maximum absolute atomic E-state index is 13.1. The zero-order chi connectivity index (χ0) is 13.5. The van der Waals surface area contributed by atoms with Gasteiger partial charge in [0.05, 0.1) is 0 Å². The fourth-order valence-corrected chi connectivity index (χ4v) is 2.67. The van der Waals surface area contributed by atoms with Gasteiger partial charge >= 0.3 is 0 Å². The predicted octanol–water partition coefficient (Wildman–Crippen LogP) is 0.528. The van der Waals surface area contributed by atoms with Crippen LogP contribution in [0.3, 0.4) is 0 Å². The Hall–Kier alpha value is -1.47. The fraction of sp³-hybridized carbons (Fsp3) is 0.364. The number of benzene rings is 1. The van der Waals surface area contributed by atoms with Crippen LogP contribution in [0.1, 0.15) is 12.0 Å². The number of primary sulfonamides is 1. The standard InChI is InChI=1S/C11H13FN2O3S/c1-7-4-8(2-3-10(7)12)14-6-9(5-11(14)15)18(13,16)17/h2-4,9H,5-6H2,1H3,(H2,13,16,17). The summed E-state index contributed by atoms with van der Waals surface area (Å²) in [6.45, 7) is 1.60. The van der Waals surface area contributed by atoms with Crippen LogP contribution in [-0.4, -0.2) is 26.1 Å². The smallest absolute Gasteiger partial charge is 0.228 e. The summed E-state index contributed by atoms with van der Waals surface area (Å²) in [5.41, 5.74) is 0.893. The van der Waals surface area contributed by atoms with Crippen LogP contribution >= 0.6 is 0 Å². The molecule has 2 rings (SSSR count). The monoisotopic (exact) mass is 272 g/mol. The third-order valence-electron chi connectivity index (χ3n) is 3.01. The zero-order valence-corrected chi connectivity index (χ0v) is 10.6. The van der Waals surface area contributed by atoms with Gasteiger partial charge < -0.3 is 4.90 Å². The minimum Gasteiger partial charge on any atom is -0.311 e. The van der Waals surface area contributed by atoms with Crippen molar-refractivity contribution in [3.63, 3.8) is 0 Å². The Labute approximate surface area is 104 Å². The Morgan fingerprint density at radius 1 is 1.44 bits per heavy atom. The van der Waals surface area contributed by atoms with Crippen LogP contribution in [0.25, 0.3) is 0 Å². The number of sulfonamides is 1. The SMILES string of the molecule is Cc1cc(N2CC(S(N)(=O)=O)CC2=O)ccc1F. The van der Waals surface area contributed by atoms with Crippen molar-refractivity contribution in [1.29, 1.82) is 0 Å². The number of aryl methyl sites for hydroxylation is 1. The first kappa shape index (κ1) is 13.0. The largest absolute Gasteiger partial charge is 0.311 e. The topological polar surface area (TPSA) is 80.5 Å². The Bertz CT molecular complexity index is 600. The van der Waals surface area contributed by atoms with Gasteiger partial charge in [0.2, 0.25) is 15.9 Å². The van der Waals surface area contributed by atoms with Crippen LogP contribution < -0.4 is 10.0 Å². The van der Waals surface area contributed by atoms with Gasteiger partial charge in [0, 0.05) is 18.7 Å². The molecule has 1 aliphatic rings. The molecule has 5 nitrogen and oxygen atoms in total. The Morgan fingerprint density at radius 3 is 2.61 bits per heavy atom. The third kappa shape index (κ3) is 2.37. The highest BCUT2D eigenvalue weighted by atomic mass is 32.2. The van der Waals surface area contributed by atoms with E-state index in [1.807, 2.05) is 0 Å². The van der Waals surface area contributed by atoms with Crippen LogP contribution in [-0.2, 0) is 14.8 Å². The molecule has 0 saturated carbocycles. The van der Waals surface area contributed by atoms with Crippen LogP contribution in [0.4, 0.5) is 10.1 Å². The number of amides is 1. The Kier molecular flexibility index (Phi) is 3.12. The number of hydrogen-bond acceptors (Lipinski definition) is 3. The number of rotatable bonds is 2. The van der Waals surface area contributed by atoms with E-state index in [0.29, 0.717) is 11.3 Å². The average Bonchev–Trinajstić information content (AvgIpc) is 2.64. The number of anilines is 1. The van der Waals surface area contributed by atoms with Crippen molar-refractivity contribution in [2.45, 2.75) is 18.6 Å². The molecule has 0 aromatic heterocycles. The van der Waals surface area contributed by atoms with Crippen molar-refractivity contribution in [3.05, 3.63) is 29.6 Å². The molecular formula is C11H13FN2O3S. The normalized spacial score (nSPS) is 20.5. The number of hydrogen-bond donors (Lipinski definition) is 1. The summed E-state index contributed by atoms with van der Waals surface area (Å²) >= 11 is 0. The summed E-state index contributed by atoms with van der Waals surface area (Å²) in [5, 5.41) is 4.14. The molecule has 1 aromatic carbocycles. The molecule has 1 atom stereocenters. The predicted molar refractivity (Wildman–Crippen MR) is 65.0 cm³/mol. The first-order chi connectivity index (χ1) is 8.29. The molecule has 1 saturated heterocycles. The van der Waals surface area contributed by atoms with E-state index in [-0.39, 0.29) is 24.7 Å². The molecule has 0 bridgehead atoms. The van der Waals surface area contributed by atoms with E-state index in [0.717, 1.165) is 0 Å². The van der Waals surface area contributed by atoms with Gasteiger partial charge in [-0.15, -0.1) is 0 Å². The van der Waals surface area contributed by atoms with E-state index >= 15 is 0 Å². The first-order valence-electron chi connectivity index (χ1n) is 5.37. The fourth-order valence-electron chi connectivity index (χ4n) is 1.94. The Morgan fingerprint density at radius 2 is 2.11 bits per heavy atom. The van der Waals surface area contributed by atoms with Gasteiger partial charge in [0.15, 0.2) is 0 Å². The van der Waals surface area contributed by atoms with E-state index in [9.17, 15) is 17.6 Å². The van der Waals surface area contributed by atoms with Crippen LogP contribution in [0.5, 0.6) is 0 Å². The van der Waals surface area contributed by atoms with E-state index in [1.54, 1.807) is 6.92 Å². The molecule has 1 unspecified atom stereocenters. The Balaban J connectivity index is 2.30. The van der Waals surface area contributed by atoms with Crippen LogP contribution in [0, 0.1) is 12.7 Å². The number of halogens is 1. The van der Waals surface area contributed by atoms with Crippen molar-refractivity contribution in [2.24, 2.45) is 5.14 Å². The van der Waals surface area contributed by atoms with Gasteiger partial charge in [-0.05, 0) is 30.7 Å². The lowest BCUT2D eigenvalue weighted by Gasteiger charge is -2.17. The van der Waals surface area contributed by atoms with Gasteiger partial charge in [0.25, 0.3) is 0 Å². The molecule has 1 amide bonds. The number of nitrogens with zero attached hydrogens (tertiary/aromatic N) is 1. The molecule has 1 fully saturated rings. The lowest BCUT2D eigenvalue weighted by Crippen LogP contribution is -2.32. The highest BCUT2D eigenvalue weighted by Crippen LogP contribution is 2.25. The third-order valence-corrected chi connectivity index (χ3v) is 4.25. The molecular weight excluding hydrogens is 259 g/mol. The van der Waals surface area contributed by atoms with Crippen molar-refractivity contribution < 1.29 is 17.6 Å². The molecule has 2 N–H and O–H groups in total. The molecule has 98 valence electrons. The van der Waals surface area contributed by atoms with Crippen LogP contribution in [0.2, 0.25) is 0 Å². The van der Waals surface area contributed by atoms with E-state index < -0.39 is 15.3 Å². The van der Waals surface area contributed by atoms with Gasteiger partial charge in [-0.2, -0.15) is 0 Å². The van der Waals surface area contributed by atoms with Gasteiger partial charge in [-0.25, -0.2) is 17.9 Å². The first-order valence-corrected chi connectivity index (χ1v) is 6.98. The lowest BCUT2D eigenvalue weighted by atomic mass is 10.2. The minimum absolute atomic E-state index is 0.0166. The van der Waals surface area contributed by atoms with Crippen molar-refractivity contribution in [2.75, 3.05) is 11.4 Å². The molecule has 0 spiro atoms. The summed E-state index contributed by atoms with van der Waals surface area (Å²) < 4.78 is 35.6. The van der Waals surface area contributed by atoms with E-state index in [2.05, 4.69) is 0 Å². The molecule has 1 aliphatic heterocycles. The van der Waals surface area contributed by atoms with Crippen molar-refractivity contribution in [1.82, 2.24) is 0 Å². The van der Waals surface area contributed by atoms with Gasteiger partial charge in [-0.3, -0.25) is 4.79 Å². The zero-order valence-electron chi connectivity index (χ0n) is 9.76. The number of carbonyl (C=O) groups excluding carboxylic acids is 1. The highest BCUT2D eigenvalue weighted by Gasteiger charge is 2.37. The van der Waals surface area contributed by atoms with Crippen molar-refractivity contribution >= 4 is 21.6 Å². The second-order valence-corrected chi connectivity index (χ2v) is 6.20. The molecule has 7 heteroatoms. The quantitative estimate of drug-likeness (QED) is 0.852. The van der Waals surface area contributed by atoms with E-state index in [1.165, 1.54) is 23.1 Å². The molecule has 1 aromatic rings. The van der Waals surface area contributed by atoms with Crippen LogP contribution in [0.15, 0.2) is 18.2 Å². The molecule has 0 radical (unpaired) electrons. The number of nitrogens with two attached hydrogens (primary N) is 1. The van der Waals surface area contributed by atoms with Gasteiger partial charge in [-0.1, -0.05) is 0 Å². The molecule has 1 heterocycles. The summed E-state index contributed by atoms with van der Waals surface area (Å²) in [4.78, 5) is 13.1. The number of carbonyl (C=O) groups is 1. The maximum Gasteiger partial charge on any atom is 0.228 e. The summed E-state index contributed by atoms with van der Waals surface area (Å²) in [6.07, 6.45) is -0.130. The maximum atomic E-state index is 13.1. The lowest BCUT2D eigenvalue weighted by molar-refractivity contribution is -0.117. The second kappa shape index (κ2) is 4.33.